The predicted octanol–water partition coefficient (Wildman–Crippen LogP) is 14.9. The third-order valence-corrected chi connectivity index (χ3v) is 13.5. The van der Waals surface area contributed by atoms with Gasteiger partial charge in [0.1, 0.15) is 0 Å². The van der Waals surface area contributed by atoms with Crippen molar-refractivity contribution in [3.8, 4) is 44.5 Å². The van der Waals surface area contributed by atoms with Gasteiger partial charge in [0.25, 0.3) is 0 Å². The zero-order valence-electron chi connectivity index (χ0n) is 32.9. The maximum atomic E-state index is 2.52. The van der Waals surface area contributed by atoms with Gasteiger partial charge in [0.15, 0.2) is 0 Å². The molecule has 0 aliphatic heterocycles. The van der Waals surface area contributed by atoms with Crippen molar-refractivity contribution in [2.24, 2.45) is 0 Å². The zero-order chi connectivity index (χ0) is 38.8. The lowest BCUT2D eigenvalue weighted by molar-refractivity contribution is 0.660. The van der Waals surface area contributed by atoms with Crippen molar-refractivity contribution in [2.45, 2.75) is 31.6 Å². The minimum absolute atomic E-state index is 0.120. The number of hydrogen-bond acceptors (Lipinski definition) is 1. The summed E-state index contributed by atoms with van der Waals surface area (Å²) in [5.41, 5.74) is 22.7. The molecule has 0 atom stereocenters. The summed E-state index contributed by atoms with van der Waals surface area (Å²) in [5, 5.41) is 2.58. The van der Waals surface area contributed by atoms with Gasteiger partial charge in [-0.05, 0) is 132 Å². The molecule has 12 rings (SSSR count). The summed E-state index contributed by atoms with van der Waals surface area (Å²) in [6.07, 6.45) is 0. The molecule has 3 aliphatic rings. The number of aryl methyl sites for hydroxylation is 1. The summed E-state index contributed by atoms with van der Waals surface area (Å²) in [4.78, 5) is 2.49. The van der Waals surface area contributed by atoms with Crippen LogP contribution in [0.2, 0.25) is 0 Å². The first kappa shape index (κ1) is 33.2. The van der Waals surface area contributed by atoms with E-state index >= 15 is 0 Å². The van der Waals surface area contributed by atoms with E-state index in [-0.39, 0.29) is 5.41 Å². The van der Waals surface area contributed by atoms with Crippen LogP contribution in [0.15, 0.2) is 194 Å². The van der Waals surface area contributed by atoms with Crippen LogP contribution in [0.4, 0.5) is 17.1 Å². The van der Waals surface area contributed by atoms with Crippen molar-refractivity contribution in [3.63, 3.8) is 0 Å². The Balaban J connectivity index is 1.12. The average Bonchev–Trinajstić information content (AvgIpc) is 3.83. The van der Waals surface area contributed by atoms with Crippen LogP contribution in [-0.4, -0.2) is 0 Å². The van der Waals surface area contributed by atoms with E-state index in [0.717, 1.165) is 17.1 Å². The maximum absolute atomic E-state index is 2.52. The summed E-state index contributed by atoms with van der Waals surface area (Å²) < 4.78 is 0. The number of nitrogens with zero attached hydrogens (tertiary/aromatic N) is 1. The van der Waals surface area contributed by atoms with Crippen LogP contribution in [0.5, 0.6) is 0 Å². The number of hydrogen-bond donors (Lipinski definition) is 0. The lowest BCUT2D eigenvalue weighted by Crippen LogP contribution is -2.26. The Morgan fingerprint density at radius 2 is 0.828 bits per heavy atom. The molecule has 1 spiro atoms. The molecule has 1 heteroatoms. The number of anilines is 3. The van der Waals surface area contributed by atoms with E-state index in [9.17, 15) is 0 Å². The van der Waals surface area contributed by atoms with E-state index in [0.29, 0.717) is 0 Å². The number of benzene rings is 9. The summed E-state index contributed by atoms with van der Waals surface area (Å²) in [6, 6.07) is 73.2. The molecule has 0 N–H and O–H groups in total. The minimum Gasteiger partial charge on any atom is -0.310 e. The van der Waals surface area contributed by atoms with Crippen molar-refractivity contribution < 1.29 is 0 Å². The Morgan fingerprint density at radius 1 is 0.362 bits per heavy atom. The van der Waals surface area contributed by atoms with E-state index in [1.54, 1.807) is 0 Å². The summed E-state index contributed by atoms with van der Waals surface area (Å²) in [6.45, 7) is 6.89. The molecular formula is C57H41N. The van der Waals surface area contributed by atoms with Crippen LogP contribution in [0.3, 0.4) is 0 Å². The maximum Gasteiger partial charge on any atom is 0.0732 e. The highest BCUT2D eigenvalue weighted by molar-refractivity contribution is 6.04. The minimum atomic E-state index is -0.475. The lowest BCUT2D eigenvalue weighted by atomic mass is 9.69. The van der Waals surface area contributed by atoms with Gasteiger partial charge in [0.2, 0.25) is 0 Å². The fourth-order valence-corrected chi connectivity index (χ4v) is 10.9. The topological polar surface area (TPSA) is 3.24 Å². The molecule has 0 radical (unpaired) electrons. The highest BCUT2D eigenvalue weighted by Gasteiger charge is 2.52. The third-order valence-electron chi connectivity index (χ3n) is 13.5. The largest absolute Gasteiger partial charge is 0.310 e. The van der Waals surface area contributed by atoms with Crippen molar-refractivity contribution in [2.75, 3.05) is 4.90 Å². The van der Waals surface area contributed by atoms with Crippen LogP contribution in [0.25, 0.3) is 55.3 Å². The summed E-state index contributed by atoms with van der Waals surface area (Å²) in [7, 11) is 0. The molecule has 9 aromatic rings. The first-order valence-electron chi connectivity index (χ1n) is 20.5. The quantitative estimate of drug-likeness (QED) is 0.174. The fraction of sp³-hybridized carbons (Fsp3) is 0.0877. The second-order valence-electron chi connectivity index (χ2n) is 16.9. The molecule has 0 saturated heterocycles. The number of fused-ring (bicyclic) bond motifs is 15. The van der Waals surface area contributed by atoms with Crippen LogP contribution >= 0.6 is 0 Å². The highest BCUT2D eigenvalue weighted by atomic mass is 15.1. The van der Waals surface area contributed by atoms with E-state index in [1.165, 1.54) is 94.2 Å². The monoisotopic (exact) mass is 739 g/mol. The Labute approximate surface area is 340 Å². The summed E-state index contributed by atoms with van der Waals surface area (Å²) >= 11 is 0. The van der Waals surface area contributed by atoms with Crippen molar-refractivity contribution in [1.29, 1.82) is 0 Å². The zero-order valence-corrected chi connectivity index (χ0v) is 32.9. The fourth-order valence-electron chi connectivity index (χ4n) is 10.9. The third kappa shape index (κ3) is 4.42. The van der Waals surface area contributed by atoms with Gasteiger partial charge < -0.3 is 4.90 Å². The second kappa shape index (κ2) is 12.0. The molecule has 0 amide bonds. The standard InChI is InChI=1S/C57H41N/c1-36-20-22-37(23-21-36)38-24-27-40(28-25-38)58(41-29-32-47-44-14-6-9-17-50(44)56(2,3)53(47)34-41)42-30-33-48-49-31-26-39-12-4-5-13-43(39)55(49)57(54(48)35-42)51-18-10-7-15-45(51)46-16-8-11-19-52(46)57/h4-35H,1-3H3. The number of rotatable bonds is 4. The molecule has 0 unspecified atom stereocenters. The van der Waals surface area contributed by atoms with Crippen molar-refractivity contribution in [3.05, 3.63) is 233 Å². The average molecular weight is 740 g/mol. The Hall–Kier alpha value is -6.96. The predicted molar refractivity (Wildman–Crippen MR) is 243 cm³/mol. The van der Waals surface area contributed by atoms with E-state index in [4.69, 9.17) is 0 Å². The second-order valence-corrected chi connectivity index (χ2v) is 16.9. The van der Waals surface area contributed by atoms with Gasteiger partial charge in [-0.1, -0.05) is 177 Å². The van der Waals surface area contributed by atoms with E-state index < -0.39 is 5.41 Å². The van der Waals surface area contributed by atoms with Gasteiger partial charge in [-0.3, -0.25) is 0 Å². The molecule has 0 aromatic heterocycles. The molecule has 0 saturated carbocycles. The Morgan fingerprint density at radius 3 is 1.48 bits per heavy atom. The molecule has 58 heavy (non-hydrogen) atoms. The van der Waals surface area contributed by atoms with Crippen molar-refractivity contribution >= 4 is 27.8 Å². The molecule has 3 aliphatic carbocycles. The van der Waals surface area contributed by atoms with Gasteiger partial charge in [-0.15, -0.1) is 0 Å². The van der Waals surface area contributed by atoms with Gasteiger partial charge in [0, 0.05) is 22.5 Å². The normalized spacial score (nSPS) is 14.4. The highest BCUT2D eigenvalue weighted by Crippen LogP contribution is 2.64. The van der Waals surface area contributed by atoms with Gasteiger partial charge in [-0.2, -0.15) is 0 Å². The molecule has 0 heterocycles. The van der Waals surface area contributed by atoms with Crippen LogP contribution in [0.1, 0.15) is 52.8 Å². The smallest absolute Gasteiger partial charge is 0.0732 e. The van der Waals surface area contributed by atoms with Gasteiger partial charge >= 0.3 is 0 Å². The first-order valence-corrected chi connectivity index (χ1v) is 20.5. The van der Waals surface area contributed by atoms with Crippen LogP contribution in [-0.2, 0) is 10.8 Å². The molecule has 0 bridgehead atoms. The molecule has 9 aromatic carbocycles. The van der Waals surface area contributed by atoms with Crippen LogP contribution < -0.4 is 4.90 Å². The first-order chi connectivity index (χ1) is 28.4. The molecular weight excluding hydrogens is 699 g/mol. The van der Waals surface area contributed by atoms with Gasteiger partial charge in [0.05, 0.1) is 5.41 Å². The van der Waals surface area contributed by atoms with Gasteiger partial charge in [-0.25, -0.2) is 0 Å². The van der Waals surface area contributed by atoms with Crippen LogP contribution in [0, 0.1) is 6.92 Å². The van der Waals surface area contributed by atoms with Crippen molar-refractivity contribution in [1.82, 2.24) is 0 Å². The lowest BCUT2D eigenvalue weighted by Gasteiger charge is -2.33. The summed E-state index contributed by atoms with van der Waals surface area (Å²) in [5.74, 6) is 0. The Bertz CT molecular complexity index is 3100. The molecule has 0 fully saturated rings. The molecule has 274 valence electrons. The van der Waals surface area contributed by atoms with E-state index in [1.807, 2.05) is 0 Å². The molecule has 1 nitrogen and oxygen atoms in total. The Kier molecular flexibility index (Phi) is 6.88. The van der Waals surface area contributed by atoms with E-state index in [2.05, 4.69) is 220 Å². The SMILES string of the molecule is Cc1ccc(-c2ccc(N(c3ccc4c(c3)C(C)(C)c3ccccc3-4)c3ccc4c(c3)C3(c5ccccc5-c5ccccc53)c3c-4ccc4ccccc34)cc2)cc1.